The van der Waals surface area contributed by atoms with E-state index < -0.39 is 14.3 Å². The number of anilines is 1. The summed E-state index contributed by atoms with van der Waals surface area (Å²) in [4.78, 5) is 13.4. The van der Waals surface area contributed by atoms with Gasteiger partial charge in [0, 0.05) is 29.3 Å². The van der Waals surface area contributed by atoms with E-state index in [9.17, 15) is 13.2 Å². The van der Waals surface area contributed by atoms with Gasteiger partial charge in [-0.05, 0) is 30.0 Å². The van der Waals surface area contributed by atoms with Crippen molar-refractivity contribution in [2.24, 2.45) is 0 Å². The first-order chi connectivity index (χ1) is 9.32. The Hall–Kier alpha value is -1.07. The van der Waals surface area contributed by atoms with Crippen molar-refractivity contribution in [3.8, 4) is 0 Å². The van der Waals surface area contributed by atoms with Crippen LogP contribution >= 0.6 is 10.7 Å². The van der Waals surface area contributed by atoms with Gasteiger partial charge in [-0.3, -0.25) is 4.79 Å². The van der Waals surface area contributed by atoms with E-state index in [-0.39, 0.29) is 18.9 Å². The first kappa shape index (κ1) is 15.3. The molecule has 1 aromatic carbocycles. The monoisotopic (exact) mass is 315 g/mol. The van der Waals surface area contributed by atoms with Crippen molar-refractivity contribution in [2.45, 2.75) is 37.9 Å². The second-order valence-electron chi connectivity index (χ2n) is 5.21. The maximum absolute atomic E-state index is 11.9. The van der Waals surface area contributed by atoms with Crippen molar-refractivity contribution in [3.63, 3.8) is 0 Å². The van der Waals surface area contributed by atoms with E-state index in [1.54, 1.807) is 0 Å². The van der Waals surface area contributed by atoms with Crippen LogP contribution in [0.3, 0.4) is 0 Å². The third-order valence-corrected chi connectivity index (χ3v) is 5.74. The van der Waals surface area contributed by atoms with Gasteiger partial charge in [0.15, 0.2) is 0 Å². The Kier molecular flexibility index (Phi) is 4.39. The van der Waals surface area contributed by atoms with E-state index in [0.29, 0.717) is 5.92 Å². The maximum Gasteiger partial charge on any atom is 0.237 e. The number of carbonyl (C=O) groups is 1. The normalized spacial score (nSPS) is 21.2. The van der Waals surface area contributed by atoms with Gasteiger partial charge >= 0.3 is 0 Å². The van der Waals surface area contributed by atoms with Gasteiger partial charge in [-0.15, -0.1) is 0 Å². The molecule has 1 aromatic rings. The minimum absolute atomic E-state index is 0.0427. The molecule has 110 valence electrons. The summed E-state index contributed by atoms with van der Waals surface area (Å²) in [6.45, 7) is 4.40. The van der Waals surface area contributed by atoms with Crippen molar-refractivity contribution in [1.29, 1.82) is 0 Å². The third kappa shape index (κ3) is 3.15. The second-order valence-corrected chi connectivity index (χ2v) is 8.12. The summed E-state index contributed by atoms with van der Waals surface area (Å²) in [6.07, 6.45) is 1.01. The molecule has 0 aromatic heterocycles. The molecule has 1 heterocycles. The molecule has 2 unspecified atom stereocenters. The molecule has 1 saturated heterocycles. The van der Waals surface area contributed by atoms with Crippen LogP contribution in [0.25, 0.3) is 0 Å². The quantitative estimate of drug-likeness (QED) is 0.803. The lowest BCUT2D eigenvalue weighted by Crippen LogP contribution is -2.26. The largest absolute Gasteiger partial charge is 0.311 e. The average Bonchev–Trinajstić information content (AvgIpc) is 2.80. The Morgan fingerprint density at radius 1 is 1.35 bits per heavy atom. The molecule has 1 fully saturated rings. The van der Waals surface area contributed by atoms with Crippen LogP contribution in [0.5, 0.6) is 0 Å². The van der Waals surface area contributed by atoms with Gasteiger partial charge < -0.3 is 4.90 Å². The zero-order valence-corrected chi connectivity index (χ0v) is 13.1. The predicted octanol–water partition coefficient (Wildman–Crippen LogP) is 2.87. The van der Waals surface area contributed by atoms with Crippen LogP contribution in [0.15, 0.2) is 24.3 Å². The molecule has 0 radical (unpaired) electrons. The van der Waals surface area contributed by atoms with Crippen molar-refractivity contribution in [2.75, 3.05) is 11.4 Å². The van der Waals surface area contributed by atoms with Crippen LogP contribution in [-0.4, -0.2) is 26.1 Å². The Morgan fingerprint density at radius 3 is 2.40 bits per heavy atom. The molecular formula is C14H18ClNO3S. The average molecular weight is 316 g/mol. The van der Waals surface area contributed by atoms with Gasteiger partial charge in [-0.25, -0.2) is 8.42 Å². The highest BCUT2D eigenvalue weighted by Crippen LogP contribution is 2.28. The Labute approximate surface area is 124 Å². The topological polar surface area (TPSA) is 54.5 Å². The van der Waals surface area contributed by atoms with Crippen molar-refractivity contribution in [1.82, 2.24) is 0 Å². The molecule has 1 aliphatic heterocycles. The molecule has 0 N–H and O–H groups in total. The third-order valence-electron chi connectivity index (χ3n) is 3.87. The SMILES string of the molecule is CCC(C)c1ccc(N2CC(S(=O)(=O)Cl)CC2=O)cc1. The van der Waals surface area contributed by atoms with E-state index in [4.69, 9.17) is 10.7 Å². The lowest BCUT2D eigenvalue weighted by Gasteiger charge is -2.17. The van der Waals surface area contributed by atoms with Gasteiger partial charge in [0.2, 0.25) is 15.0 Å². The number of rotatable bonds is 4. The van der Waals surface area contributed by atoms with Crippen molar-refractivity contribution >= 4 is 31.3 Å². The standard InChI is InChI=1S/C14H18ClNO3S/c1-3-10(2)11-4-6-12(7-5-11)16-9-13(8-14(16)17)20(15,18)19/h4-7,10,13H,3,8-9H2,1-2H3. The highest BCUT2D eigenvalue weighted by Gasteiger charge is 2.37. The zero-order chi connectivity index (χ0) is 14.9. The molecule has 2 rings (SSSR count). The fourth-order valence-corrected chi connectivity index (χ4v) is 3.36. The molecule has 1 amide bonds. The van der Waals surface area contributed by atoms with Crippen molar-refractivity contribution in [3.05, 3.63) is 29.8 Å². The number of carbonyl (C=O) groups excluding carboxylic acids is 1. The van der Waals surface area contributed by atoms with Gasteiger partial charge in [0.05, 0.1) is 0 Å². The van der Waals surface area contributed by atoms with E-state index in [1.165, 1.54) is 10.5 Å². The van der Waals surface area contributed by atoms with Crippen LogP contribution in [-0.2, 0) is 13.8 Å². The smallest absolute Gasteiger partial charge is 0.237 e. The number of hydrogen-bond donors (Lipinski definition) is 0. The number of amides is 1. The fraction of sp³-hybridized carbons (Fsp3) is 0.500. The minimum atomic E-state index is -3.69. The first-order valence-corrected chi connectivity index (χ1v) is 9.04. The Morgan fingerprint density at radius 2 is 1.95 bits per heavy atom. The molecule has 0 bridgehead atoms. The predicted molar refractivity (Wildman–Crippen MR) is 80.7 cm³/mol. The molecule has 0 aliphatic carbocycles. The van der Waals surface area contributed by atoms with Crippen molar-refractivity contribution < 1.29 is 13.2 Å². The first-order valence-electron chi connectivity index (χ1n) is 6.66. The number of halogens is 1. The number of hydrogen-bond acceptors (Lipinski definition) is 3. The molecule has 6 heteroatoms. The van der Waals surface area contributed by atoms with E-state index in [2.05, 4.69) is 13.8 Å². The summed E-state index contributed by atoms with van der Waals surface area (Å²) in [7, 11) is 1.64. The summed E-state index contributed by atoms with van der Waals surface area (Å²) < 4.78 is 22.6. The summed E-state index contributed by atoms with van der Waals surface area (Å²) in [5, 5.41) is -0.814. The molecule has 2 atom stereocenters. The molecule has 1 aliphatic rings. The number of nitrogens with zero attached hydrogens (tertiary/aromatic N) is 1. The zero-order valence-electron chi connectivity index (χ0n) is 11.5. The molecule has 0 spiro atoms. The molecule has 0 saturated carbocycles. The minimum Gasteiger partial charge on any atom is -0.311 e. The van der Waals surface area contributed by atoms with E-state index in [1.807, 2.05) is 24.3 Å². The fourth-order valence-electron chi connectivity index (χ4n) is 2.33. The molecular weight excluding hydrogens is 298 g/mol. The van der Waals surface area contributed by atoms with Crippen LogP contribution < -0.4 is 4.90 Å². The van der Waals surface area contributed by atoms with E-state index >= 15 is 0 Å². The van der Waals surface area contributed by atoms with Gasteiger partial charge in [0.1, 0.15) is 5.25 Å². The van der Waals surface area contributed by atoms with Gasteiger partial charge in [-0.1, -0.05) is 26.0 Å². The van der Waals surface area contributed by atoms with Crippen LogP contribution in [0.1, 0.15) is 38.2 Å². The summed E-state index contributed by atoms with van der Waals surface area (Å²) in [5.74, 6) is 0.268. The van der Waals surface area contributed by atoms with Crippen LogP contribution in [0, 0.1) is 0 Å². The molecule has 20 heavy (non-hydrogen) atoms. The summed E-state index contributed by atoms with van der Waals surface area (Å²) in [5.41, 5.74) is 1.94. The molecule has 4 nitrogen and oxygen atoms in total. The van der Waals surface area contributed by atoms with Gasteiger partial charge in [-0.2, -0.15) is 0 Å². The van der Waals surface area contributed by atoms with E-state index in [0.717, 1.165) is 12.1 Å². The highest BCUT2D eigenvalue weighted by molar-refractivity contribution is 8.14. The number of benzene rings is 1. The van der Waals surface area contributed by atoms with Gasteiger partial charge in [0.25, 0.3) is 0 Å². The lowest BCUT2D eigenvalue weighted by molar-refractivity contribution is -0.117. The maximum atomic E-state index is 11.9. The second kappa shape index (κ2) is 5.74. The van der Waals surface area contributed by atoms with Crippen LogP contribution in [0.4, 0.5) is 5.69 Å². The summed E-state index contributed by atoms with van der Waals surface area (Å²) >= 11 is 0. The Bertz CT molecular complexity index is 597. The summed E-state index contributed by atoms with van der Waals surface area (Å²) in [6, 6.07) is 7.70. The van der Waals surface area contributed by atoms with Crippen LogP contribution in [0.2, 0.25) is 0 Å². The Balaban J connectivity index is 2.18. The highest BCUT2D eigenvalue weighted by atomic mass is 35.7. The lowest BCUT2D eigenvalue weighted by atomic mass is 9.98.